The Labute approximate surface area is 105 Å². The summed E-state index contributed by atoms with van der Waals surface area (Å²) in [4.78, 5) is 12.1. The zero-order valence-electron chi connectivity index (χ0n) is 10.2. The quantitative estimate of drug-likeness (QED) is 0.759. The lowest BCUT2D eigenvalue weighted by molar-refractivity contribution is -0.127. The smallest absolute Gasteiger partial charge is 0.224 e. The van der Waals surface area contributed by atoms with E-state index < -0.39 is 10.8 Å². The summed E-state index contributed by atoms with van der Waals surface area (Å²) in [5.41, 5.74) is 6.00. The maximum Gasteiger partial charge on any atom is 0.224 e. The fraction of sp³-hybridized carbons (Fsp3) is 0.917. The molecule has 1 saturated carbocycles. The molecule has 2 atom stereocenters. The standard InChI is InChI=1S/C12H22N2O2S/c13-11-4-2-1-3-10(11)12(15)14-9-5-7-17(16)8-6-9/h9-11H,1-8,13H2,(H,14,15). The van der Waals surface area contributed by atoms with Gasteiger partial charge in [-0.25, -0.2) is 0 Å². The van der Waals surface area contributed by atoms with Gasteiger partial charge < -0.3 is 11.1 Å². The number of carbonyl (C=O) groups excluding carboxylic acids is 1. The van der Waals surface area contributed by atoms with Crippen LogP contribution in [0.5, 0.6) is 0 Å². The SMILES string of the molecule is NC1CCCCC1C(=O)NC1CCS(=O)CC1. The molecule has 1 amide bonds. The minimum atomic E-state index is -0.663. The Morgan fingerprint density at radius 3 is 2.41 bits per heavy atom. The van der Waals surface area contributed by atoms with E-state index in [4.69, 9.17) is 5.73 Å². The number of nitrogens with one attached hydrogen (secondary N) is 1. The molecular formula is C12H22N2O2S. The van der Waals surface area contributed by atoms with Gasteiger partial charge in [-0.2, -0.15) is 0 Å². The molecule has 0 aromatic carbocycles. The molecule has 0 radical (unpaired) electrons. The molecule has 17 heavy (non-hydrogen) atoms. The van der Waals surface area contributed by atoms with Crippen molar-refractivity contribution in [3.63, 3.8) is 0 Å². The largest absolute Gasteiger partial charge is 0.353 e. The summed E-state index contributed by atoms with van der Waals surface area (Å²) in [6.07, 6.45) is 5.84. The molecule has 2 rings (SSSR count). The van der Waals surface area contributed by atoms with Gasteiger partial charge in [0.25, 0.3) is 0 Å². The number of carbonyl (C=O) groups is 1. The monoisotopic (exact) mass is 258 g/mol. The summed E-state index contributed by atoms with van der Waals surface area (Å²) < 4.78 is 11.2. The summed E-state index contributed by atoms with van der Waals surface area (Å²) in [7, 11) is -0.663. The average molecular weight is 258 g/mol. The highest BCUT2D eigenvalue weighted by molar-refractivity contribution is 7.85. The molecule has 2 aliphatic rings. The predicted molar refractivity (Wildman–Crippen MR) is 69.0 cm³/mol. The molecule has 1 saturated heterocycles. The summed E-state index contributed by atoms with van der Waals surface area (Å²) in [6, 6.07) is 0.246. The van der Waals surface area contributed by atoms with E-state index in [2.05, 4.69) is 5.32 Å². The second kappa shape index (κ2) is 5.96. The highest BCUT2D eigenvalue weighted by Gasteiger charge is 2.30. The first-order chi connectivity index (χ1) is 8.16. The van der Waals surface area contributed by atoms with Gasteiger partial charge in [0.15, 0.2) is 0 Å². The van der Waals surface area contributed by atoms with Gasteiger partial charge in [-0.15, -0.1) is 0 Å². The zero-order chi connectivity index (χ0) is 12.3. The first kappa shape index (κ1) is 13.0. The Morgan fingerprint density at radius 1 is 1.12 bits per heavy atom. The Kier molecular flexibility index (Phi) is 4.56. The molecule has 3 N–H and O–H groups in total. The Balaban J connectivity index is 1.81. The summed E-state index contributed by atoms with van der Waals surface area (Å²) in [5.74, 6) is 1.56. The number of hydrogen-bond donors (Lipinski definition) is 2. The molecule has 0 spiro atoms. The van der Waals surface area contributed by atoms with Crippen molar-refractivity contribution in [1.29, 1.82) is 0 Å². The van der Waals surface area contributed by atoms with Crippen LogP contribution in [0.15, 0.2) is 0 Å². The van der Waals surface area contributed by atoms with E-state index in [9.17, 15) is 9.00 Å². The van der Waals surface area contributed by atoms with Crippen molar-refractivity contribution in [3.05, 3.63) is 0 Å². The third-order valence-electron chi connectivity index (χ3n) is 3.89. The molecule has 1 heterocycles. The summed E-state index contributed by atoms with van der Waals surface area (Å²) in [6.45, 7) is 0. The topological polar surface area (TPSA) is 72.2 Å². The molecule has 1 aliphatic carbocycles. The normalized spacial score (nSPS) is 38.6. The molecule has 0 aromatic heterocycles. The van der Waals surface area contributed by atoms with Gasteiger partial charge >= 0.3 is 0 Å². The number of hydrogen-bond acceptors (Lipinski definition) is 3. The highest BCUT2D eigenvalue weighted by atomic mass is 32.2. The zero-order valence-corrected chi connectivity index (χ0v) is 11.0. The van der Waals surface area contributed by atoms with Gasteiger partial charge in [0, 0.05) is 34.4 Å². The van der Waals surface area contributed by atoms with Gasteiger partial charge in [0.2, 0.25) is 5.91 Å². The van der Waals surface area contributed by atoms with Gasteiger partial charge in [0.1, 0.15) is 0 Å². The number of nitrogens with two attached hydrogens (primary N) is 1. The summed E-state index contributed by atoms with van der Waals surface area (Å²) >= 11 is 0. The average Bonchev–Trinajstić information content (AvgIpc) is 2.32. The summed E-state index contributed by atoms with van der Waals surface area (Å²) in [5, 5.41) is 3.09. The lowest BCUT2D eigenvalue weighted by Crippen LogP contribution is -2.48. The molecule has 98 valence electrons. The lowest BCUT2D eigenvalue weighted by atomic mass is 9.84. The van der Waals surface area contributed by atoms with Crippen LogP contribution in [0.4, 0.5) is 0 Å². The second-order valence-electron chi connectivity index (χ2n) is 5.19. The predicted octanol–water partition coefficient (Wildman–Crippen LogP) is 0.531. The van der Waals surface area contributed by atoms with Crippen LogP contribution < -0.4 is 11.1 Å². The van der Waals surface area contributed by atoms with Crippen LogP contribution >= 0.6 is 0 Å². The van der Waals surface area contributed by atoms with E-state index in [0.29, 0.717) is 0 Å². The van der Waals surface area contributed by atoms with Gasteiger partial charge in [-0.05, 0) is 25.7 Å². The minimum Gasteiger partial charge on any atom is -0.353 e. The van der Waals surface area contributed by atoms with Crippen molar-refractivity contribution in [2.75, 3.05) is 11.5 Å². The van der Waals surface area contributed by atoms with Crippen LogP contribution in [-0.4, -0.2) is 33.7 Å². The van der Waals surface area contributed by atoms with Gasteiger partial charge in [-0.3, -0.25) is 9.00 Å². The van der Waals surface area contributed by atoms with E-state index in [1.54, 1.807) is 0 Å². The molecule has 5 heteroatoms. The first-order valence-corrected chi connectivity index (χ1v) is 8.06. The molecule has 1 aliphatic heterocycles. The van der Waals surface area contributed by atoms with Crippen molar-refractivity contribution < 1.29 is 9.00 Å². The third-order valence-corrected chi connectivity index (χ3v) is 5.27. The van der Waals surface area contributed by atoms with Crippen LogP contribution in [0.25, 0.3) is 0 Å². The third kappa shape index (κ3) is 3.52. The van der Waals surface area contributed by atoms with E-state index in [-0.39, 0.29) is 23.9 Å². The molecule has 2 unspecified atom stereocenters. The first-order valence-electron chi connectivity index (χ1n) is 6.58. The van der Waals surface area contributed by atoms with Crippen LogP contribution in [0.3, 0.4) is 0 Å². The molecular weight excluding hydrogens is 236 g/mol. The van der Waals surface area contributed by atoms with Crippen LogP contribution in [-0.2, 0) is 15.6 Å². The minimum absolute atomic E-state index is 0.00354. The van der Waals surface area contributed by atoms with Gasteiger partial charge in [-0.1, -0.05) is 12.8 Å². The molecule has 0 bridgehead atoms. The lowest BCUT2D eigenvalue weighted by Gasteiger charge is -2.30. The number of amides is 1. The van der Waals surface area contributed by atoms with Crippen molar-refractivity contribution in [1.82, 2.24) is 5.32 Å². The maximum atomic E-state index is 12.1. The van der Waals surface area contributed by atoms with E-state index in [1.807, 2.05) is 0 Å². The van der Waals surface area contributed by atoms with Crippen molar-refractivity contribution in [2.24, 2.45) is 11.7 Å². The second-order valence-corrected chi connectivity index (χ2v) is 6.88. The van der Waals surface area contributed by atoms with Crippen LogP contribution in [0, 0.1) is 5.92 Å². The van der Waals surface area contributed by atoms with Gasteiger partial charge in [0.05, 0.1) is 5.92 Å². The Morgan fingerprint density at radius 2 is 1.76 bits per heavy atom. The molecule has 2 fully saturated rings. The van der Waals surface area contributed by atoms with E-state index in [0.717, 1.165) is 50.0 Å². The maximum absolute atomic E-state index is 12.1. The molecule has 0 aromatic rings. The molecule has 4 nitrogen and oxygen atoms in total. The van der Waals surface area contributed by atoms with E-state index in [1.165, 1.54) is 0 Å². The Bertz CT molecular complexity index is 299. The van der Waals surface area contributed by atoms with Crippen LogP contribution in [0.2, 0.25) is 0 Å². The van der Waals surface area contributed by atoms with Crippen molar-refractivity contribution in [2.45, 2.75) is 50.6 Å². The fourth-order valence-electron chi connectivity index (χ4n) is 2.73. The fourth-order valence-corrected chi connectivity index (χ4v) is 4.03. The number of rotatable bonds is 2. The van der Waals surface area contributed by atoms with Crippen LogP contribution in [0.1, 0.15) is 38.5 Å². The Hall–Kier alpha value is -0.420. The van der Waals surface area contributed by atoms with Crippen molar-refractivity contribution >= 4 is 16.7 Å². The van der Waals surface area contributed by atoms with Crippen molar-refractivity contribution in [3.8, 4) is 0 Å². The van der Waals surface area contributed by atoms with E-state index >= 15 is 0 Å². The highest BCUT2D eigenvalue weighted by Crippen LogP contribution is 2.23.